The summed E-state index contributed by atoms with van der Waals surface area (Å²) in [6, 6.07) is 7.62. The minimum Gasteiger partial charge on any atom is -0.396 e. The molecule has 0 saturated carbocycles. The van der Waals surface area contributed by atoms with Crippen molar-refractivity contribution in [2.75, 3.05) is 13.2 Å². The average Bonchev–Trinajstić information content (AvgIpc) is 2.96. The number of aliphatic hydroxyl groups is 1. The lowest BCUT2D eigenvalue weighted by Gasteiger charge is -2.21. The molecule has 5 heteroatoms. The fraction of sp³-hybridized carbons (Fsp3) is 0.471. The molecule has 22 heavy (non-hydrogen) atoms. The molecule has 1 aromatic heterocycles. The average molecular weight is 322 g/mol. The normalized spacial score (nSPS) is 11.8. The Kier molecular flexibility index (Phi) is 6.00. The van der Waals surface area contributed by atoms with E-state index in [0.29, 0.717) is 0 Å². The third-order valence-corrected chi connectivity index (χ3v) is 3.94. The predicted octanol–water partition coefficient (Wildman–Crippen LogP) is 3.41. The number of benzene rings is 1. The maximum absolute atomic E-state index is 9.22. The maximum Gasteiger partial charge on any atom is 0.0646 e. The van der Waals surface area contributed by atoms with Crippen molar-refractivity contribution in [3.8, 4) is 5.69 Å². The molecule has 1 heterocycles. The van der Waals surface area contributed by atoms with Gasteiger partial charge in [0.2, 0.25) is 0 Å². The van der Waals surface area contributed by atoms with Crippen LogP contribution < -0.4 is 5.32 Å². The van der Waals surface area contributed by atoms with E-state index in [4.69, 9.17) is 11.6 Å². The van der Waals surface area contributed by atoms with Gasteiger partial charge in [-0.15, -0.1) is 0 Å². The summed E-state index contributed by atoms with van der Waals surface area (Å²) in [7, 11) is 0. The SMILES string of the molecule is CC(C)(CO)CCCNCc1cnn(-c2ccc(Cl)cc2)c1. The molecule has 0 amide bonds. The van der Waals surface area contributed by atoms with Crippen molar-refractivity contribution in [2.45, 2.75) is 33.2 Å². The first kappa shape index (κ1) is 17.0. The van der Waals surface area contributed by atoms with Gasteiger partial charge < -0.3 is 10.4 Å². The fourth-order valence-electron chi connectivity index (χ4n) is 2.19. The standard InChI is InChI=1S/C17H24ClN3O/c1-17(2,13-22)8-3-9-19-10-14-11-20-21(12-14)16-6-4-15(18)5-7-16/h4-7,11-12,19,22H,3,8-10,13H2,1-2H3. The van der Waals surface area contributed by atoms with E-state index in [1.807, 2.05) is 41.3 Å². The van der Waals surface area contributed by atoms with E-state index in [1.165, 1.54) is 0 Å². The van der Waals surface area contributed by atoms with Gasteiger partial charge in [-0.3, -0.25) is 0 Å². The van der Waals surface area contributed by atoms with Crippen LogP contribution in [0.4, 0.5) is 0 Å². The lowest BCUT2D eigenvalue weighted by Crippen LogP contribution is -2.20. The summed E-state index contributed by atoms with van der Waals surface area (Å²) < 4.78 is 1.85. The Balaban J connectivity index is 1.77. The second-order valence-electron chi connectivity index (χ2n) is 6.37. The van der Waals surface area contributed by atoms with E-state index in [2.05, 4.69) is 24.3 Å². The maximum atomic E-state index is 9.22. The third kappa shape index (κ3) is 5.13. The number of aromatic nitrogens is 2. The van der Waals surface area contributed by atoms with Crippen LogP contribution in [0.1, 0.15) is 32.3 Å². The van der Waals surface area contributed by atoms with Crippen LogP contribution in [0.5, 0.6) is 0 Å². The van der Waals surface area contributed by atoms with Gasteiger partial charge in [-0.2, -0.15) is 5.10 Å². The van der Waals surface area contributed by atoms with Gasteiger partial charge in [0, 0.05) is 29.9 Å². The van der Waals surface area contributed by atoms with Gasteiger partial charge in [0.05, 0.1) is 11.9 Å². The monoisotopic (exact) mass is 321 g/mol. The van der Waals surface area contributed by atoms with E-state index in [9.17, 15) is 5.11 Å². The van der Waals surface area contributed by atoms with Crippen LogP contribution in [0.15, 0.2) is 36.7 Å². The van der Waals surface area contributed by atoms with E-state index in [0.717, 1.165) is 42.2 Å². The highest BCUT2D eigenvalue weighted by Crippen LogP contribution is 2.20. The number of rotatable bonds is 8. The smallest absolute Gasteiger partial charge is 0.0646 e. The van der Waals surface area contributed by atoms with Crippen molar-refractivity contribution in [3.63, 3.8) is 0 Å². The molecule has 0 spiro atoms. The molecule has 2 aromatic rings. The molecule has 2 rings (SSSR count). The van der Waals surface area contributed by atoms with E-state index in [-0.39, 0.29) is 12.0 Å². The van der Waals surface area contributed by atoms with Gasteiger partial charge in [-0.05, 0) is 49.1 Å². The van der Waals surface area contributed by atoms with Crippen molar-refractivity contribution < 1.29 is 5.11 Å². The van der Waals surface area contributed by atoms with E-state index in [1.54, 1.807) is 0 Å². The molecular formula is C17H24ClN3O. The van der Waals surface area contributed by atoms with Gasteiger partial charge in [0.1, 0.15) is 0 Å². The van der Waals surface area contributed by atoms with Crippen LogP contribution in [-0.4, -0.2) is 28.0 Å². The molecule has 120 valence electrons. The first-order chi connectivity index (χ1) is 10.5. The Morgan fingerprint density at radius 1 is 1.27 bits per heavy atom. The van der Waals surface area contributed by atoms with Crippen LogP contribution in [0.25, 0.3) is 5.69 Å². The molecular weight excluding hydrogens is 298 g/mol. The van der Waals surface area contributed by atoms with Crippen molar-refractivity contribution >= 4 is 11.6 Å². The van der Waals surface area contributed by atoms with Crippen molar-refractivity contribution in [1.29, 1.82) is 0 Å². The number of aliphatic hydroxyl groups excluding tert-OH is 1. The fourth-order valence-corrected chi connectivity index (χ4v) is 2.32. The van der Waals surface area contributed by atoms with Gasteiger partial charge in [0.25, 0.3) is 0 Å². The highest BCUT2D eigenvalue weighted by molar-refractivity contribution is 6.30. The molecule has 0 radical (unpaired) electrons. The Hall–Kier alpha value is -1.36. The zero-order valence-corrected chi connectivity index (χ0v) is 14.0. The lowest BCUT2D eigenvalue weighted by molar-refractivity contribution is 0.148. The molecule has 4 nitrogen and oxygen atoms in total. The Morgan fingerprint density at radius 3 is 2.68 bits per heavy atom. The molecule has 0 unspecified atom stereocenters. The number of hydrogen-bond acceptors (Lipinski definition) is 3. The quantitative estimate of drug-likeness (QED) is 0.732. The predicted molar refractivity (Wildman–Crippen MR) is 90.4 cm³/mol. The molecule has 0 bridgehead atoms. The van der Waals surface area contributed by atoms with Crippen LogP contribution >= 0.6 is 11.6 Å². The Morgan fingerprint density at radius 2 is 2.00 bits per heavy atom. The van der Waals surface area contributed by atoms with E-state index >= 15 is 0 Å². The minimum atomic E-state index is 0.0150. The van der Waals surface area contributed by atoms with Crippen molar-refractivity contribution in [1.82, 2.24) is 15.1 Å². The molecule has 0 saturated heterocycles. The molecule has 0 aliphatic carbocycles. The highest BCUT2D eigenvalue weighted by Gasteiger charge is 2.15. The molecule has 0 aliphatic rings. The zero-order valence-electron chi connectivity index (χ0n) is 13.2. The second kappa shape index (κ2) is 7.77. The summed E-state index contributed by atoms with van der Waals surface area (Å²) in [5.74, 6) is 0. The molecule has 2 N–H and O–H groups in total. The number of hydrogen-bond donors (Lipinski definition) is 2. The van der Waals surface area contributed by atoms with Crippen LogP contribution in [-0.2, 0) is 6.54 Å². The van der Waals surface area contributed by atoms with Crippen LogP contribution in [0, 0.1) is 5.41 Å². The van der Waals surface area contributed by atoms with Crippen molar-refractivity contribution in [3.05, 3.63) is 47.2 Å². The molecule has 0 fully saturated rings. The molecule has 0 atom stereocenters. The summed E-state index contributed by atoms with van der Waals surface area (Å²) in [6.45, 7) is 6.15. The summed E-state index contributed by atoms with van der Waals surface area (Å²) in [6.07, 6.45) is 5.96. The first-order valence-electron chi connectivity index (χ1n) is 7.61. The summed E-state index contributed by atoms with van der Waals surface area (Å²) >= 11 is 5.89. The first-order valence-corrected chi connectivity index (χ1v) is 7.99. The van der Waals surface area contributed by atoms with Gasteiger partial charge >= 0.3 is 0 Å². The van der Waals surface area contributed by atoms with Crippen LogP contribution in [0.3, 0.4) is 0 Å². The van der Waals surface area contributed by atoms with Crippen LogP contribution in [0.2, 0.25) is 5.02 Å². The Labute approximate surface area is 137 Å². The zero-order chi connectivity index (χ0) is 16.0. The second-order valence-corrected chi connectivity index (χ2v) is 6.81. The summed E-state index contributed by atoms with van der Waals surface area (Å²) in [5, 5.41) is 17.7. The molecule has 0 aliphatic heterocycles. The summed E-state index contributed by atoms with van der Waals surface area (Å²) in [4.78, 5) is 0. The third-order valence-electron chi connectivity index (χ3n) is 3.69. The largest absolute Gasteiger partial charge is 0.396 e. The topological polar surface area (TPSA) is 50.1 Å². The number of halogens is 1. The lowest BCUT2D eigenvalue weighted by atomic mass is 9.89. The van der Waals surface area contributed by atoms with E-state index < -0.39 is 0 Å². The Bertz CT molecular complexity index is 578. The van der Waals surface area contributed by atoms with Gasteiger partial charge in [-0.25, -0.2) is 4.68 Å². The van der Waals surface area contributed by atoms with Gasteiger partial charge in [-0.1, -0.05) is 25.4 Å². The minimum absolute atomic E-state index is 0.0150. The number of nitrogens with zero attached hydrogens (tertiary/aromatic N) is 2. The van der Waals surface area contributed by atoms with Gasteiger partial charge in [0.15, 0.2) is 0 Å². The summed E-state index contributed by atoms with van der Waals surface area (Å²) in [5.41, 5.74) is 2.16. The number of nitrogens with one attached hydrogen (secondary N) is 1. The molecule has 1 aromatic carbocycles. The highest BCUT2D eigenvalue weighted by atomic mass is 35.5. The van der Waals surface area contributed by atoms with Crippen molar-refractivity contribution in [2.24, 2.45) is 5.41 Å².